The Bertz CT molecular complexity index is 712. The predicted molar refractivity (Wildman–Crippen MR) is 110 cm³/mol. The quantitative estimate of drug-likeness (QED) is 0.667. The molecule has 1 heterocycles. The molecule has 28 heavy (non-hydrogen) atoms. The first kappa shape index (κ1) is 21.0. The molecule has 0 radical (unpaired) electrons. The Morgan fingerprint density at radius 2 is 1.96 bits per heavy atom. The highest BCUT2D eigenvalue weighted by Gasteiger charge is 2.20. The van der Waals surface area contributed by atoms with Gasteiger partial charge >= 0.3 is 0 Å². The molecule has 154 valence electrons. The number of benzene rings is 1. The number of hydrogen-bond acceptors (Lipinski definition) is 3. The summed E-state index contributed by atoms with van der Waals surface area (Å²) in [5, 5.41) is 10.3. The summed E-state index contributed by atoms with van der Waals surface area (Å²) in [5.41, 5.74) is 1.84. The van der Waals surface area contributed by atoms with E-state index < -0.39 is 6.10 Å². The lowest BCUT2D eigenvalue weighted by Gasteiger charge is -2.31. The number of ether oxygens (including phenoxy) is 1. The second-order valence-corrected chi connectivity index (χ2v) is 8.03. The molecule has 2 aromatic rings. The number of nitrogens with zero attached hydrogens (tertiary/aromatic N) is 2. The standard InChI is InChI=1S/C23H33FN2O2/c1-28-18-22(27)17-25(14-19-8-3-2-4-9-19)16-21-11-7-13-26(21)15-20-10-5-6-12-23(20)24/h5-7,10-13,19,22,27H,2-4,8-9,14-18H2,1H3/t22-/m1/s1. The Labute approximate surface area is 167 Å². The lowest BCUT2D eigenvalue weighted by Crippen LogP contribution is -2.38. The zero-order chi connectivity index (χ0) is 19.8. The molecule has 5 heteroatoms. The maximum atomic E-state index is 14.1. The van der Waals surface area contributed by atoms with Crippen LogP contribution in [0.5, 0.6) is 0 Å². The summed E-state index contributed by atoms with van der Waals surface area (Å²) in [7, 11) is 1.62. The lowest BCUT2D eigenvalue weighted by atomic mass is 9.89. The van der Waals surface area contributed by atoms with Crippen molar-refractivity contribution in [2.24, 2.45) is 5.92 Å². The highest BCUT2D eigenvalue weighted by Crippen LogP contribution is 2.25. The molecule has 1 aliphatic carbocycles. The van der Waals surface area contributed by atoms with Gasteiger partial charge in [0.05, 0.1) is 19.3 Å². The molecule has 1 fully saturated rings. The van der Waals surface area contributed by atoms with Crippen LogP contribution in [0.25, 0.3) is 0 Å². The van der Waals surface area contributed by atoms with Gasteiger partial charge in [-0.25, -0.2) is 4.39 Å². The number of hydrogen-bond donors (Lipinski definition) is 1. The van der Waals surface area contributed by atoms with E-state index in [0.717, 1.165) is 18.8 Å². The van der Waals surface area contributed by atoms with E-state index in [1.54, 1.807) is 13.2 Å². The average molecular weight is 389 g/mol. The first-order valence-electron chi connectivity index (χ1n) is 10.4. The van der Waals surface area contributed by atoms with E-state index in [9.17, 15) is 9.50 Å². The summed E-state index contributed by atoms with van der Waals surface area (Å²) in [6.07, 6.45) is 8.01. The summed E-state index contributed by atoms with van der Waals surface area (Å²) in [5.74, 6) is 0.523. The first-order chi connectivity index (χ1) is 13.7. The summed E-state index contributed by atoms with van der Waals surface area (Å²) >= 11 is 0. The largest absolute Gasteiger partial charge is 0.389 e. The van der Waals surface area contributed by atoms with Crippen LogP contribution in [0.2, 0.25) is 0 Å². The van der Waals surface area contributed by atoms with Crippen LogP contribution in [-0.2, 0) is 17.8 Å². The maximum absolute atomic E-state index is 14.1. The zero-order valence-electron chi connectivity index (χ0n) is 16.9. The molecule has 0 unspecified atom stereocenters. The molecule has 0 amide bonds. The molecule has 1 N–H and O–H groups in total. The molecule has 0 saturated heterocycles. The zero-order valence-corrected chi connectivity index (χ0v) is 16.9. The van der Waals surface area contributed by atoms with Crippen molar-refractivity contribution in [1.29, 1.82) is 0 Å². The van der Waals surface area contributed by atoms with Crippen molar-refractivity contribution in [3.8, 4) is 0 Å². The maximum Gasteiger partial charge on any atom is 0.128 e. The molecule has 1 aliphatic rings. The fourth-order valence-electron chi connectivity index (χ4n) is 4.27. The van der Waals surface area contributed by atoms with Gasteiger partial charge < -0.3 is 14.4 Å². The van der Waals surface area contributed by atoms with Crippen LogP contribution in [0, 0.1) is 11.7 Å². The van der Waals surface area contributed by atoms with Crippen molar-refractivity contribution < 1.29 is 14.2 Å². The Kier molecular flexibility index (Phi) is 8.07. The number of aromatic nitrogens is 1. The molecule has 0 spiro atoms. The van der Waals surface area contributed by atoms with Crippen molar-refractivity contribution in [1.82, 2.24) is 9.47 Å². The smallest absolute Gasteiger partial charge is 0.128 e. The molecule has 4 nitrogen and oxygen atoms in total. The van der Waals surface area contributed by atoms with Crippen molar-refractivity contribution in [3.63, 3.8) is 0 Å². The fourth-order valence-corrected chi connectivity index (χ4v) is 4.27. The van der Waals surface area contributed by atoms with Gasteiger partial charge in [0.2, 0.25) is 0 Å². The number of methoxy groups -OCH3 is 1. The SMILES string of the molecule is COC[C@H](O)CN(Cc1cccn1Cc1ccccc1F)CC1CCCCC1. The summed E-state index contributed by atoms with van der Waals surface area (Å²) < 4.78 is 21.3. The fraction of sp³-hybridized carbons (Fsp3) is 0.565. The van der Waals surface area contributed by atoms with Gasteiger partial charge in [0.15, 0.2) is 0 Å². The van der Waals surface area contributed by atoms with E-state index in [4.69, 9.17) is 4.74 Å². The van der Waals surface area contributed by atoms with E-state index in [0.29, 0.717) is 31.2 Å². The van der Waals surface area contributed by atoms with Crippen molar-refractivity contribution in [2.45, 2.75) is 51.3 Å². The van der Waals surface area contributed by atoms with Crippen LogP contribution in [0.4, 0.5) is 4.39 Å². The van der Waals surface area contributed by atoms with Gasteiger partial charge in [-0.3, -0.25) is 4.90 Å². The highest BCUT2D eigenvalue weighted by atomic mass is 19.1. The number of halogens is 1. The monoisotopic (exact) mass is 388 g/mol. The minimum Gasteiger partial charge on any atom is -0.389 e. The summed E-state index contributed by atoms with van der Waals surface area (Å²) in [6, 6.07) is 11.0. The second kappa shape index (κ2) is 10.7. The van der Waals surface area contributed by atoms with Crippen LogP contribution < -0.4 is 0 Å². The molecular formula is C23H33FN2O2. The molecule has 3 rings (SSSR count). The second-order valence-electron chi connectivity index (χ2n) is 8.03. The third-order valence-electron chi connectivity index (χ3n) is 5.68. The Hall–Kier alpha value is -1.69. The van der Waals surface area contributed by atoms with Crippen LogP contribution >= 0.6 is 0 Å². The molecule has 0 aliphatic heterocycles. The van der Waals surface area contributed by atoms with E-state index in [-0.39, 0.29) is 5.82 Å². The molecule has 1 aromatic carbocycles. The topological polar surface area (TPSA) is 37.6 Å². The molecule has 1 saturated carbocycles. The Morgan fingerprint density at radius 3 is 2.71 bits per heavy atom. The van der Waals surface area contributed by atoms with Gasteiger partial charge in [0.1, 0.15) is 5.82 Å². The van der Waals surface area contributed by atoms with Crippen LogP contribution in [0.1, 0.15) is 43.4 Å². The van der Waals surface area contributed by atoms with Crippen LogP contribution in [0.15, 0.2) is 42.6 Å². The van der Waals surface area contributed by atoms with Gasteiger partial charge in [-0.2, -0.15) is 0 Å². The van der Waals surface area contributed by atoms with Crippen molar-refractivity contribution >= 4 is 0 Å². The third kappa shape index (κ3) is 6.16. The lowest BCUT2D eigenvalue weighted by molar-refractivity contribution is 0.0297. The van der Waals surface area contributed by atoms with Crippen molar-refractivity contribution in [3.05, 3.63) is 59.7 Å². The van der Waals surface area contributed by atoms with Crippen LogP contribution in [-0.4, -0.2) is 47.5 Å². The molecule has 1 atom stereocenters. The minimum atomic E-state index is -0.497. The number of rotatable bonds is 10. The number of aliphatic hydroxyl groups is 1. The Morgan fingerprint density at radius 1 is 1.18 bits per heavy atom. The normalized spacial score (nSPS) is 16.6. The van der Waals surface area contributed by atoms with E-state index in [1.807, 2.05) is 24.4 Å². The molecule has 1 aromatic heterocycles. The molecule has 0 bridgehead atoms. The molecular weight excluding hydrogens is 355 g/mol. The van der Waals surface area contributed by atoms with Gasteiger partial charge in [-0.15, -0.1) is 0 Å². The van der Waals surface area contributed by atoms with Crippen molar-refractivity contribution in [2.75, 3.05) is 26.8 Å². The van der Waals surface area contributed by atoms with Gasteiger partial charge in [0, 0.05) is 44.2 Å². The first-order valence-corrected chi connectivity index (χ1v) is 10.4. The Balaban J connectivity index is 1.69. The van der Waals surface area contributed by atoms with Gasteiger partial charge in [0.25, 0.3) is 0 Å². The minimum absolute atomic E-state index is 0.170. The van der Waals surface area contributed by atoms with Gasteiger partial charge in [-0.05, 0) is 37.0 Å². The van der Waals surface area contributed by atoms with E-state index >= 15 is 0 Å². The highest BCUT2D eigenvalue weighted by molar-refractivity contribution is 5.19. The van der Waals surface area contributed by atoms with E-state index in [1.165, 1.54) is 38.2 Å². The summed E-state index contributed by atoms with van der Waals surface area (Å²) in [6.45, 7) is 3.20. The van der Waals surface area contributed by atoms with Gasteiger partial charge in [-0.1, -0.05) is 37.5 Å². The summed E-state index contributed by atoms with van der Waals surface area (Å²) in [4.78, 5) is 2.34. The third-order valence-corrected chi connectivity index (χ3v) is 5.68. The van der Waals surface area contributed by atoms with E-state index in [2.05, 4.69) is 15.5 Å². The predicted octanol–water partition coefficient (Wildman–Crippen LogP) is 4.07. The average Bonchev–Trinajstić information content (AvgIpc) is 3.11. The van der Waals surface area contributed by atoms with Crippen LogP contribution in [0.3, 0.4) is 0 Å². The number of aliphatic hydroxyl groups excluding tert-OH is 1.